The SMILES string of the molecule is CCCc1ccc(C(NC)C2CCC(C)(C)CC2)cc1. The highest BCUT2D eigenvalue weighted by Crippen LogP contribution is 2.42. The fraction of sp³-hybridized carbons (Fsp3) is 0.684. The van der Waals surface area contributed by atoms with E-state index in [1.807, 2.05) is 0 Å². The largest absolute Gasteiger partial charge is 0.313 e. The Morgan fingerprint density at radius 1 is 1.15 bits per heavy atom. The molecule has 0 heterocycles. The first-order valence-corrected chi connectivity index (χ1v) is 8.32. The van der Waals surface area contributed by atoms with Gasteiger partial charge in [-0.05, 0) is 61.6 Å². The van der Waals surface area contributed by atoms with Crippen LogP contribution < -0.4 is 5.32 Å². The number of benzene rings is 1. The minimum atomic E-state index is 0.529. The van der Waals surface area contributed by atoms with Crippen molar-refractivity contribution in [1.29, 1.82) is 0 Å². The highest BCUT2D eigenvalue weighted by atomic mass is 14.9. The average Bonchev–Trinajstić information content (AvgIpc) is 2.43. The molecule has 1 aliphatic rings. The Bertz CT molecular complexity index is 394. The molecular weight excluding hydrogens is 242 g/mol. The molecule has 1 aromatic rings. The van der Waals surface area contributed by atoms with Gasteiger partial charge in [-0.1, -0.05) is 51.5 Å². The normalized spacial score (nSPS) is 20.8. The third-order valence-electron chi connectivity index (χ3n) is 5.04. The van der Waals surface area contributed by atoms with E-state index in [9.17, 15) is 0 Å². The Morgan fingerprint density at radius 3 is 2.25 bits per heavy atom. The number of hydrogen-bond acceptors (Lipinski definition) is 1. The minimum absolute atomic E-state index is 0.529. The van der Waals surface area contributed by atoms with Crippen LogP contribution in [0.4, 0.5) is 0 Å². The zero-order valence-corrected chi connectivity index (χ0v) is 13.7. The van der Waals surface area contributed by atoms with Gasteiger partial charge in [0.15, 0.2) is 0 Å². The molecule has 0 aliphatic heterocycles. The van der Waals surface area contributed by atoms with E-state index in [0.29, 0.717) is 11.5 Å². The number of nitrogens with one attached hydrogen (secondary N) is 1. The average molecular weight is 273 g/mol. The molecule has 1 atom stereocenters. The Kier molecular flexibility index (Phi) is 5.26. The summed E-state index contributed by atoms with van der Waals surface area (Å²) in [6.45, 7) is 7.07. The van der Waals surface area contributed by atoms with Crippen LogP contribution in [0.2, 0.25) is 0 Å². The van der Waals surface area contributed by atoms with Crippen LogP contribution in [-0.2, 0) is 6.42 Å². The highest BCUT2D eigenvalue weighted by Gasteiger charge is 2.31. The first-order chi connectivity index (χ1) is 9.55. The van der Waals surface area contributed by atoms with Gasteiger partial charge in [-0.3, -0.25) is 0 Å². The quantitative estimate of drug-likeness (QED) is 0.785. The van der Waals surface area contributed by atoms with Crippen molar-refractivity contribution < 1.29 is 0 Å². The molecule has 1 saturated carbocycles. The van der Waals surface area contributed by atoms with Crippen LogP contribution in [0.5, 0.6) is 0 Å². The molecule has 0 amide bonds. The second kappa shape index (κ2) is 6.76. The van der Waals surface area contributed by atoms with Gasteiger partial charge < -0.3 is 5.32 Å². The predicted octanol–water partition coefficient (Wildman–Crippen LogP) is 5.12. The zero-order chi connectivity index (χ0) is 14.6. The van der Waals surface area contributed by atoms with E-state index in [1.54, 1.807) is 0 Å². The Hall–Kier alpha value is -0.820. The molecule has 1 unspecified atom stereocenters. The van der Waals surface area contributed by atoms with E-state index >= 15 is 0 Å². The maximum atomic E-state index is 3.57. The van der Waals surface area contributed by atoms with Crippen LogP contribution >= 0.6 is 0 Å². The lowest BCUT2D eigenvalue weighted by Crippen LogP contribution is -2.31. The molecule has 2 rings (SSSR count). The van der Waals surface area contributed by atoms with Crippen molar-refractivity contribution in [3.63, 3.8) is 0 Å². The number of hydrogen-bond donors (Lipinski definition) is 1. The van der Waals surface area contributed by atoms with Gasteiger partial charge in [0.05, 0.1) is 0 Å². The van der Waals surface area contributed by atoms with Crippen LogP contribution in [0, 0.1) is 11.3 Å². The maximum Gasteiger partial charge on any atom is 0.0346 e. The molecule has 1 aliphatic carbocycles. The Morgan fingerprint density at radius 2 is 1.75 bits per heavy atom. The number of aryl methyl sites for hydroxylation is 1. The molecule has 1 N–H and O–H groups in total. The summed E-state index contributed by atoms with van der Waals surface area (Å²) in [6.07, 6.45) is 7.87. The summed E-state index contributed by atoms with van der Waals surface area (Å²) in [5.74, 6) is 0.796. The van der Waals surface area contributed by atoms with Crippen LogP contribution in [-0.4, -0.2) is 7.05 Å². The minimum Gasteiger partial charge on any atom is -0.313 e. The molecule has 0 spiro atoms. The lowest BCUT2D eigenvalue weighted by atomic mass is 9.70. The fourth-order valence-electron chi connectivity index (χ4n) is 3.61. The molecule has 0 bridgehead atoms. The summed E-state index contributed by atoms with van der Waals surface area (Å²) >= 11 is 0. The van der Waals surface area contributed by atoms with Crippen molar-refractivity contribution in [2.24, 2.45) is 11.3 Å². The van der Waals surface area contributed by atoms with E-state index in [4.69, 9.17) is 0 Å². The Balaban J connectivity index is 2.04. The lowest BCUT2D eigenvalue weighted by molar-refractivity contribution is 0.164. The van der Waals surface area contributed by atoms with Crippen LogP contribution in [0.25, 0.3) is 0 Å². The summed E-state index contributed by atoms with van der Waals surface area (Å²) in [5.41, 5.74) is 3.49. The van der Waals surface area contributed by atoms with Crippen LogP contribution in [0.1, 0.15) is 70.0 Å². The molecule has 20 heavy (non-hydrogen) atoms. The van der Waals surface area contributed by atoms with Gasteiger partial charge in [-0.25, -0.2) is 0 Å². The summed E-state index contributed by atoms with van der Waals surface area (Å²) in [6, 6.07) is 9.84. The highest BCUT2D eigenvalue weighted by molar-refractivity contribution is 5.25. The maximum absolute atomic E-state index is 3.57. The first kappa shape index (κ1) is 15.6. The van der Waals surface area contributed by atoms with E-state index in [1.165, 1.54) is 49.7 Å². The van der Waals surface area contributed by atoms with Gasteiger partial charge in [0.1, 0.15) is 0 Å². The van der Waals surface area contributed by atoms with Crippen molar-refractivity contribution >= 4 is 0 Å². The van der Waals surface area contributed by atoms with Gasteiger partial charge >= 0.3 is 0 Å². The van der Waals surface area contributed by atoms with Gasteiger partial charge in [0.25, 0.3) is 0 Å². The van der Waals surface area contributed by atoms with Gasteiger partial charge in [0, 0.05) is 6.04 Å². The second-order valence-corrected chi connectivity index (χ2v) is 7.26. The molecule has 1 fully saturated rings. The smallest absolute Gasteiger partial charge is 0.0346 e. The van der Waals surface area contributed by atoms with Crippen molar-refractivity contribution in [2.45, 2.75) is 65.3 Å². The van der Waals surface area contributed by atoms with E-state index in [-0.39, 0.29) is 0 Å². The summed E-state index contributed by atoms with van der Waals surface area (Å²) in [5, 5.41) is 3.57. The fourth-order valence-corrected chi connectivity index (χ4v) is 3.61. The van der Waals surface area contributed by atoms with Crippen LogP contribution in [0.3, 0.4) is 0 Å². The molecule has 1 aromatic carbocycles. The molecule has 0 radical (unpaired) electrons. The number of rotatable bonds is 5. The monoisotopic (exact) mass is 273 g/mol. The van der Waals surface area contributed by atoms with E-state index in [2.05, 4.69) is 57.4 Å². The van der Waals surface area contributed by atoms with Crippen molar-refractivity contribution in [1.82, 2.24) is 5.32 Å². The predicted molar refractivity (Wildman–Crippen MR) is 88.0 cm³/mol. The summed E-state index contributed by atoms with van der Waals surface area (Å²) in [7, 11) is 2.12. The van der Waals surface area contributed by atoms with Gasteiger partial charge in [-0.15, -0.1) is 0 Å². The molecule has 1 heteroatoms. The van der Waals surface area contributed by atoms with E-state index < -0.39 is 0 Å². The molecular formula is C19H31N. The van der Waals surface area contributed by atoms with Crippen molar-refractivity contribution in [2.75, 3.05) is 7.05 Å². The van der Waals surface area contributed by atoms with Crippen molar-refractivity contribution in [3.05, 3.63) is 35.4 Å². The third-order valence-corrected chi connectivity index (χ3v) is 5.04. The second-order valence-electron chi connectivity index (χ2n) is 7.26. The third kappa shape index (κ3) is 3.85. The van der Waals surface area contributed by atoms with Gasteiger partial charge in [0.2, 0.25) is 0 Å². The molecule has 112 valence electrons. The molecule has 1 nitrogen and oxygen atoms in total. The Labute approximate surface area is 125 Å². The van der Waals surface area contributed by atoms with Crippen LogP contribution in [0.15, 0.2) is 24.3 Å². The lowest BCUT2D eigenvalue weighted by Gasteiger charge is -2.38. The molecule has 0 saturated heterocycles. The van der Waals surface area contributed by atoms with E-state index in [0.717, 1.165) is 5.92 Å². The molecule has 0 aromatic heterocycles. The standard InChI is InChI=1S/C19H31N/c1-5-6-15-7-9-16(10-8-15)18(20-4)17-11-13-19(2,3)14-12-17/h7-10,17-18,20H,5-6,11-14H2,1-4H3. The van der Waals surface area contributed by atoms with Gasteiger partial charge in [-0.2, -0.15) is 0 Å². The topological polar surface area (TPSA) is 12.0 Å². The summed E-state index contributed by atoms with van der Waals surface area (Å²) < 4.78 is 0. The zero-order valence-electron chi connectivity index (χ0n) is 13.7. The first-order valence-electron chi connectivity index (χ1n) is 8.32. The van der Waals surface area contributed by atoms with Crippen molar-refractivity contribution in [3.8, 4) is 0 Å². The summed E-state index contributed by atoms with van der Waals surface area (Å²) in [4.78, 5) is 0.